The molecule has 0 saturated heterocycles. The van der Waals surface area contributed by atoms with Crippen molar-refractivity contribution in [3.63, 3.8) is 0 Å². The first-order valence-electron chi connectivity index (χ1n) is 8.75. The van der Waals surface area contributed by atoms with Gasteiger partial charge in [0, 0.05) is 12.1 Å². The second kappa shape index (κ2) is 6.33. The van der Waals surface area contributed by atoms with Crippen LogP contribution >= 0.6 is 0 Å². The summed E-state index contributed by atoms with van der Waals surface area (Å²) < 4.78 is 0. The van der Waals surface area contributed by atoms with E-state index in [1.54, 1.807) is 0 Å². The molecule has 1 aliphatic carbocycles. The van der Waals surface area contributed by atoms with Gasteiger partial charge in [0.05, 0.1) is 16.6 Å². The van der Waals surface area contributed by atoms with Gasteiger partial charge in [-0.3, -0.25) is 4.79 Å². The first kappa shape index (κ1) is 15.8. The number of aromatic nitrogens is 2. The zero-order chi connectivity index (χ0) is 17.3. The quantitative estimate of drug-likeness (QED) is 0.685. The Labute approximate surface area is 146 Å². The minimum absolute atomic E-state index is 0.0358. The number of hydrogen-bond donors (Lipinski definition) is 3. The van der Waals surface area contributed by atoms with Crippen LogP contribution in [0.15, 0.2) is 48.5 Å². The first-order chi connectivity index (χ1) is 12.1. The van der Waals surface area contributed by atoms with Crippen molar-refractivity contribution in [1.29, 1.82) is 0 Å². The Morgan fingerprint density at radius 2 is 1.84 bits per heavy atom. The highest BCUT2D eigenvalue weighted by Crippen LogP contribution is 2.27. The summed E-state index contributed by atoms with van der Waals surface area (Å²) in [7, 11) is 0. The lowest BCUT2D eigenvalue weighted by atomic mass is 9.98. The van der Waals surface area contributed by atoms with Gasteiger partial charge in [0.25, 0.3) is 0 Å². The lowest BCUT2D eigenvalue weighted by Gasteiger charge is -2.22. The van der Waals surface area contributed by atoms with Gasteiger partial charge in [0.15, 0.2) is 0 Å². The number of H-pyrrole nitrogens is 1. The number of fused-ring (bicyclic) bond motifs is 1. The highest BCUT2D eigenvalue weighted by molar-refractivity contribution is 5.86. The van der Waals surface area contributed by atoms with Crippen molar-refractivity contribution in [2.75, 3.05) is 0 Å². The summed E-state index contributed by atoms with van der Waals surface area (Å²) in [6.07, 6.45) is 3.64. The molecule has 2 aromatic carbocycles. The molecular formula is C20H22N4O. The predicted molar refractivity (Wildman–Crippen MR) is 98.8 cm³/mol. The van der Waals surface area contributed by atoms with E-state index in [4.69, 9.17) is 5.73 Å². The number of carbonyl (C=O) groups excluding carboxylic acids is 1. The van der Waals surface area contributed by atoms with E-state index in [-0.39, 0.29) is 5.91 Å². The van der Waals surface area contributed by atoms with Crippen molar-refractivity contribution in [1.82, 2.24) is 15.3 Å². The Bertz CT molecular complexity index is 858. The molecule has 4 rings (SSSR count). The standard InChI is InChI=1S/C20H22N4O/c21-20(11-3-4-12-20)19(25)22-13-14-7-9-15(10-8-14)18-23-16-5-1-2-6-17(16)24-18/h1-2,5-10H,3-4,11-13,21H2,(H,22,25)(H,23,24). The number of benzene rings is 2. The fourth-order valence-electron chi connectivity index (χ4n) is 3.46. The molecule has 5 nitrogen and oxygen atoms in total. The van der Waals surface area contributed by atoms with E-state index in [9.17, 15) is 4.79 Å². The molecule has 1 aliphatic rings. The van der Waals surface area contributed by atoms with Crippen LogP contribution in [0.25, 0.3) is 22.4 Å². The van der Waals surface area contributed by atoms with Crippen molar-refractivity contribution in [3.8, 4) is 11.4 Å². The van der Waals surface area contributed by atoms with Crippen molar-refractivity contribution in [3.05, 3.63) is 54.1 Å². The van der Waals surface area contributed by atoms with Gasteiger partial charge in [0.1, 0.15) is 5.82 Å². The van der Waals surface area contributed by atoms with Crippen LogP contribution in [0, 0.1) is 0 Å². The van der Waals surface area contributed by atoms with Crippen molar-refractivity contribution < 1.29 is 4.79 Å². The highest BCUT2D eigenvalue weighted by atomic mass is 16.2. The van der Waals surface area contributed by atoms with Gasteiger partial charge in [-0.15, -0.1) is 0 Å². The lowest BCUT2D eigenvalue weighted by molar-refractivity contribution is -0.126. The number of rotatable bonds is 4. The van der Waals surface area contributed by atoms with Gasteiger partial charge in [-0.1, -0.05) is 49.2 Å². The summed E-state index contributed by atoms with van der Waals surface area (Å²) in [6, 6.07) is 16.0. The third-order valence-corrected chi connectivity index (χ3v) is 5.02. The molecule has 25 heavy (non-hydrogen) atoms. The maximum Gasteiger partial charge on any atom is 0.240 e. The molecule has 0 atom stereocenters. The Morgan fingerprint density at radius 3 is 2.56 bits per heavy atom. The van der Waals surface area contributed by atoms with E-state index in [0.29, 0.717) is 6.54 Å². The van der Waals surface area contributed by atoms with E-state index >= 15 is 0 Å². The number of aromatic amines is 1. The molecule has 4 N–H and O–H groups in total. The van der Waals surface area contributed by atoms with Crippen molar-refractivity contribution >= 4 is 16.9 Å². The van der Waals surface area contributed by atoms with Crippen LogP contribution in [-0.2, 0) is 11.3 Å². The Balaban J connectivity index is 1.44. The smallest absolute Gasteiger partial charge is 0.240 e. The second-order valence-corrected chi connectivity index (χ2v) is 6.85. The third kappa shape index (κ3) is 3.15. The summed E-state index contributed by atoms with van der Waals surface area (Å²) in [5, 5.41) is 2.97. The largest absolute Gasteiger partial charge is 0.350 e. The zero-order valence-electron chi connectivity index (χ0n) is 14.1. The van der Waals surface area contributed by atoms with Crippen molar-refractivity contribution in [2.24, 2.45) is 5.73 Å². The summed E-state index contributed by atoms with van der Waals surface area (Å²) in [4.78, 5) is 20.2. The van der Waals surface area contributed by atoms with Gasteiger partial charge in [-0.2, -0.15) is 0 Å². The minimum Gasteiger partial charge on any atom is -0.350 e. The van der Waals surface area contributed by atoms with E-state index in [2.05, 4.69) is 15.3 Å². The molecule has 0 bridgehead atoms. The molecule has 0 aliphatic heterocycles. The van der Waals surface area contributed by atoms with Crippen LogP contribution < -0.4 is 11.1 Å². The molecule has 1 fully saturated rings. The summed E-state index contributed by atoms with van der Waals surface area (Å²) in [5.74, 6) is 0.815. The average molecular weight is 334 g/mol. The van der Waals surface area contributed by atoms with Crippen LogP contribution in [0.3, 0.4) is 0 Å². The highest BCUT2D eigenvalue weighted by Gasteiger charge is 2.36. The summed E-state index contributed by atoms with van der Waals surface area (Å²) in [6.45, 7) is 0.498. The number of imidazole rings is 1. The molecule has 0 radical (unpaired) electrons. The number of nitrogens with two attached hydrogens (primary N) is 1. The molecule has 1 amide bonds. The van der Waals surface area contributed by atoms with Gasteiger partial charge in [-0.05, 0) is 30.5 Å². The van der Waals surface area contributed by atoms with Crippen LogP contribution in [0.4, 0.5) is 0 Å². The number of nitrogens with zero attached hydrogens (tertiary/aromatic N) is 1. The average Bonchev–Trinajstić information content (AvgIpc) is 3.27. The molecule has 1 saturated carbocycles. The predicted octanol–water partition coefficient (Wildman–Crippen LogP) is 3.12. The Morgan fingerprint density at radius 1 is 1.12 bits per heavy atom. The van der Waals surface area contributed by atoms with Gasteiger partial charge >= 0.3 is 0 Å². The lowest BCUT2D eigenvalue weighted by Crippen LogP contribution is -2.51. The zero-order valence-corrected chi connectivity index (χ0v) is 14.1. The van der Waals surface area contributed by atoms with E-state index in [0.717, 1.165) is 53.7 Å². The fraction of sp³-hybridized carbons (Fsp3) is 0.300. The van der Waals surface area contributed by atoms with Crippen LogP contribution in [-0.4, -0.2) is 21.4 Å². The van der Waals surface area contributed by atoms with Gasteiger partial charge in [0.2, 0.25) is 5.91 Å². The maximum absolute atomic E-state index is 12.3. The van der Waals surface area contributed by atoms with E-state index in [1.165, 1.54) is 0 Å². The van der Waals surface area contributed by atoms with E-state index < -0.39 is 5.54 Å². The monoisotopic (exact) mass is 334 g/mol. The molecule has 1 heterocycles. The molecular weight excluding hydrogens is 312 g/mol. The molecule has 0 spiro atoms. The number of hydrogen-bond acceptors (Lipinski definition) is 3. The summed E-state index contributed by atoms with van der Waals surface area (Å²) >= 11 is 0. The first-order valence-corrected chi connectivity index (χ1v) is 8.75. The molecule has 1 aromatic heterocycles. The van der Waals surface area contributed by atoms with Gasteiger partial charge in [-0.25, -0.2) is 4.98 Å². The number of para-hydroxylation sites is 2. The minimum atomic E-state index is -0.672. The number of carbonyl (C=O) groups is 1. The normalized spacial score (nSPS) is 16.2. The SMILES string of the molecule is NC1(C(=O)NCc2ccc(-c3nc4ccccc4[nH]3)cc2)CCCC1. The summed E-state index contributed by atoms with van der Waals surface area (Å²) in [5.41, 5.74) is 9.57. The third-order valence-electron chi connectivity index (χ3n) is 5.02. The van der Waals surface area contributed by atoms with Crippen LogP contribution in [0.5, 0.6) is 0 Å². The van der Waals surface area contributed by atoms with E-state index in [1.807, 2.05) is 48.5 Å². The topological polar surface area (TPSA) is 83.8 Å². The maximum atomic E-state index is 12.3. The van der Waals surface area contributed by atoms with Crippen molar-refractivity contribution in [2.45, 2.75) is 37.8 Å². The number of nitrogens with one attached hydrogen (secondary N) is 2. The molecule has 5 heteroatoms. The van der Waals surface area contributed by atoms with Crippen LogP contribution in [0.2, 0.25) is 0 Å². The second-order valence-electron chi connectivity index (χ2n) is 6.85. The molecule has 128 valence electrons. The Kier molecular flexibility index (Phi) is 4.01. The molecule has 0 unspecified atom stereocenters. The fourth-order valence-corrected chi connectivity index (χ4v) is 3.46. The van der Waals surface area contributed by atoms with Gasteiger partial charge < -0.3 is 16.0 Å². The Hall–Kier alpha value is -2.66. The number of amides is 1. The molecule has 3 aromatic rings. The van der Waals surface area contributed by atoms with Crippen LogP contribution in [0.1, 0.15) is 31.2 Å².